The highest BCUT2D eigenvalue weighted by molar-refractivity contribution is 6.33. The number of methoxy groups -OCH3 is 2. The molecule has 0 bridgehead atoms. The van der Waals surface area contributed by atoms with Gasteiger partial charge in [-0.15, -0.1) is 0 Å². The van der Waals surface area contributed by atoms with Gasteiger partial charge < -0.3 is 18.9 Å². The van der Waals surface area contributed by atoms with Crippen LogP contribution in [0.15, 0.2) is 24.3 Å². The number of nitrogens with zero attached hydrogens (tertiary/aromatic N) is 2. The van der Waals surface area contributed by atoms with Gasteiger partial charge >= 0.3 is 5.97 Å². The second-order valence-corrected chi connectivity index (χ2v) is 7.40. The summed E-state index contributed by atoms with van der Waals surface area (Å²) in [5, 5.41) is 0.310. The molecule has 1 aromatic carbocycles. The molecule has 2 rings (SSSR count). The molecule has 8 heteroatoms. The van der Waals surface area contributed by atoms with Crippen molar-refractivity contribution in [2.24, 2.45) is 7.05 Å². The highest BCUT2D eigenvalue weighted by Gasteiger charge is 2.33. The normalized spacial score (nSPS) is 11.8. The van der Waals surface area contributed by atoms with E-state index < -0.39 is 12.0 Å². The lowest BCUT2D eigenvalue weighted by atomic mass is 9.99. The number of amides is 1. The summed E-state index contributed by atoms with van der Waals surface area (Å²) in [4.78, 5) is 40.3. The molecule has 1 aromatic heterocycles. The summed E-state index contributed by atoms with van der Waals surface area (Å²) in [6, 6.07) is 5.90. The van der Waals surface area contributed by atoms with Gasteiger partial charge in [0, 0.05) is 32.0 Å². The Morgan fingerprint density at radius 2 is 1.80 bits per heavy atom. The van der Waals surface area contributed by atoms with E-state index in [0.29, 0.717) is 33.1 Å². The lowest BCUT2D eigenvalue weighted by Crippen LogP contribution is -2.45. The number of carbonyl (C=O) groups is 3. The summed E-state index contributed by atoms with van der Waals surface area (Å²) in [6.45, 7) is 5.59. The van der Waals surface area contributed by atoms with E-state index in [-0.39, 0.29) is 24.8 Å². The number of esters is 1. The van der Waals surface area contributed by atoms with Crippen molar-refractivity contribution in [2.45, 2.75) is 26.8 Å². The molecular weight excluding hydrogens is 408 g/mol. The van der Waals surface area contributed by atoms with Gasteiger partial charge in [0.1, 0.15) is 5.69 Å². The Labute approximate surface area is 181 Å². The quantitative estimate of drug-likeness (QED) is 0.469. The molecule has 1 heterocycles. The number of benzene rings is 1. The molecule has 0 radical (unpaired) electrons. The van der Waals surface area contributed by atoms with Crippen molar-refractivity contribution in [1.29, 1.82) is 0 Å². The zero-order valence-electron chi connectivity index (χ0n) is 18.1. The fourth-order valence-corrected chi connectivity index (χ4v) is 3.74. The van der Waals surface area contributed by atoms with Crippen molar-refractivity contribution in [3.8, 4) is 0 Å². The second-order valence-electron chi connectivity index (χ2n) is 7.00. The van der Waals surface area contributed by atoms with Crippen molar-refractivity contribution >= 4 is 29.3 Å². The van der Waals surface area contributed by atoms with Gasteiger partial charge in [0.05, 0.1) is 30.3 Å². The Kier molecular flexibility index (Phi) is 7.81. The number of hydrogen-bond acceptors (Lipinski definition) is 5. The van der Waals surface area contributed by atoms with Crippen LogP contribution in [0, 0.1) is 13.8 Å². The van der Waals surface area contributed by atoms with Crippen LogP contribution >= 0.6 is 11.6 Å². The summed E-state index contributed by atoms with van der Waals surface area (Å²) in [5.41, 5.74) is 2.18. The number of hydrogen-bond donors (Lipinski definition) is 0. The van der Waals surface area contributed by atoms with Gasteiger partial charge in [0.15, 0.2) is 5.78 Å². The van der Waals surface area contributed by atoms with E-state index in [1.54, 1.807) is 56.7 Å². The van der Waals surface area contributed by atoms with Crippen molar-refractivity contribution in [3.05, 3.63) is 57.4 Å². The molecule has 30 heavy (non-hydrogen) atoms. The highest BCUT2D eigenvalue weighted by Crippen LogP contribution is 2.26. The van der Waals surface area contributed by atoms with Gasteiger partial charge in [-0.1, -0.05) is 23.7 Å². The molecule has 0 N–H and O–H groups in total. The molecule has 0 aliphatic rings. The van der Waals surface area contributed by atoms with E-state index in [1.807, 2.05) is 0 Å². The van der Waals surface area contributed by atoms with Gasteiger partial charge in [-0.2, -0.15) is 0 Å². The van der Waals surface area contributed by atoms with Crippen LogP contribution in [0.25, 0.3) is 0 Å². The molecule has 162 valence electrons. The molecule has 1 atom stereocenters. The fourth-order valence-electron chi connectivity index (χ4n) is 3.53. The Morgan fingerprint density at radius 3 is 2.37 bits per heavy atom. The maximum absolute atomic E-state index is 13.5. The number of ketones is 1. The number of carbonyl (C=O) groups excluding carboxylic acids is 3. The van der Waals surface area contributed by atoms with Crippen molar-refractivity contribution < 1.29 is 23.9 Å². The zero-order chi connectivity index (χ0) is 22.6. The SMILES string of the molecule is COCCN(C(=O)c1ccccc1Cl)[C@H](C)C(=O)c1c(C)c(C(=O)OC)n(C)c1C. The Hall–Kier alpha value is -2.64. The van der Waals surface area contributed by atoms with E-state index in [2.05, 4.69) is 0 Å². The highest BCUT2D eigenvalue weighted by atomic mass is 35.5. The van der Waals surface area contributed by atoms with E-state index in [4.69, 9.17) is 21.1 Å². The minimum atomic E-state index is -0.797. The minimum Gasteiger partial charge on any atom is -0.464 e. The summed E-state index contributed by atoms with van der Waals surface area (Å²) >= 11 is 6.21. The predicted octanol–water partition coefficient (Wildman–Crippen LogP) is 3.44. The molecule has 0 spiro atoms. The lowest BCUT2D eigenvalue weighted by Gasteiger charge is -2.29. The second kappa shape index (κ2) is 9.91. The third-order valence-corrected chi connectivity index (χ3v) is 5.63. The monoisotopic (exact) mass is 434 g/mol. The van der Waals surface area contributed by atoms with Gasteiger partial charge in [-0.3, -0.25) is 9.59 Å². The smallest absolute Gasteiger partial charge is 0.354 e. The molecule has 0 unspecified atom stereocenters. The number of ether oxygens (including phenoxy) is 2. The van der Waals surface area contributed by atoms with E-state index >= 15 is 0 Å². The van der Waals surface area contributed by atoms with Gasteiger partial charge in [0.25, 0.3) is 5.91 Å². The topological polar surface area (TPSA) is 77.8 Å². The predicted molar refractivity (Wildman–Crippen MR) is 114 cm³/mol. The summed E-state index contributed by atoms with van der Waals surface area (Å²) < 4.78 is 11.6. The number of rotatable bonds is 8. The first kappa shape index (κ1) is 23.6. The standard InChI is InChI=1S/C22H27ClN2O5/c1-13-18(14(2)24(4)19(13)22(28)30-6)20(26)15(3)25(11-12-29-5)21(27)16-9-7-8-10-17(16)23/h7-10,15H,11-12H2,1-6H3/t15-/m1/s1. The molecular formula is C22H27ClN2O5. The summed E-state index contributed by atoms with van der Waals surface area (Å²) in [7, 11) is 4.52. The third-order valence-electron chi connectivity index (χ3n) is 5.30. The number of halogens is 1. The maximum Gasteiger partial charge on any atom is 0.354 e. The van der Waals surface area contributed by atoms with Crippen LogP contribution in [-0.4, -0.2) is 60.5 Å². The summed E-state index contributed by atoms with van der Waals surface area (Å²) in [6.07, 6.45) is 0. The van der Waals surface area contributed by atoms with Crippen LogP contribution in [0.5, 0.6) is 0 Å². The van der Waals surface area contributed by atoms with Gasteiger partial charge in [0.2, 0.25) is 0 Å². The van der Waals surface area contributed by atoms with Crippen LogP contribution in [0.3, 0.4) is 0 Å². The zero-order valence-corrected chi connectivity index (χ0v) is 18.9. The first-order chi connectivity index (χ1) is 14.2. The average molecular weight is 435 g/mol. The van der Waals surface area contributed by atoms with Crippen LogP contribution in [0.1, 0.15) is 49.4 Å². The van der Waals surface area contributed by atoms with Crippen molar-refractivity contribution in [3.63, 3.8) is 0 Å². The Morgan fingerprint density at radius 1 is 1.17 bits per heavy atom. The summed E-state index contributed by atoms with van der Waals surface area (Å²) in [5.74, 6) is -1.15. The van der Waals surface area contributed by atoms with Crippen LogP contribution < -0.4 is 0 Å². The molecule has 0 saturated heterocycles. The Balaban J connectivity index is 2.47. The average Bonchev–Trinajstić information content (AvgIpc) is 2.95. The van der Waals surface area contributed by atoms with Crippen LogP contribution in [0.4, 0.5) is 0 Å². The molecule has 0 fully saturated rings. The van der Waals surface area contributed by atoms with Gasteiger partial charge in [-0.05, 0) is 38.5 Å². The Bertz CT molecular complexity index is 967. The van der Waals surface area contributed by atoms with Crippen molar-refractivity contribution in [2.75, 3.05) is 27.4 Å². The lowest BCUT2D eigenvalue weighted by molar-refractivity contribution is 0.0563. The maximum atomic E-state index is 13.5. The first-order valence-corrected chi connectivity index (χ1v) is 9.87. The number of Topliss-reactive ketones (excluding diaryl/α,β-unsaturated/α-hetero) is 1. The third kappa shape index (κ3) is 4.42. The van der Waals surface area contributed by atoms with Crippen molar-refractivity contribution in [1.82, 2.24) is 9.47 Å². The first-order valence-electron chi connectivity index (χ1n) is 9.50. The molecule has 0 saturated carbocycles. The largest absolute Gasteiger partial charge is 0.464 e. The minimum absolute atomic E-state index is 0.211. The van der Waals surface area contributed by atoms with Gasteiger partial charge in [-0.25, -0.2) is 4.79 Å². The van der Waals surface area contributed by atoms with E-state index in [1.165, 1.54) is 19.1 Å². The van der Waals surface area contributed by atoms with E-state index in [9.17, 15) is 14.4 Å². The number of aromatic nitrogens is 1. The molecule has 0 aliphatic heterocycles. The molecule has 2 aromatic rings. The molecule has 7 nitrogen and oxygen atoms in total. The van der Waals surface area contributed by atoms with E-state index in [0.717, 1.165) is 0 Å². The van der Waals surface area contributed by atoms with Crippen LogP contribution in [-0.2, 0) is 16.5 Å². The molecule has 1 amide bonds. The molecule has 0 aliphatic carbocycles. The fraction of sp³-hybridized carbons (Fsp3) is 0.409. The van der Waals surface area contributed by atoms with Crippen LogP contribution in [0.2, 0.25) is 5.02 Å².